The van der Waals surface area contributed by atoms with Crippen LogP contribution in [0.2, 0.25) is 0 Å². The van der Waals surface area contributed by atoms with Gasteiger partial charge in [0.2, 0.25) is 6.29 Å². The van der Waals surface area contributed by atoms with E-state index < -0.39 is 52.8 Å². The van der Waals surface area contributed by atoms with Crippen LogP contribution in [0.3, 0.4) is 0 Å². The molecule has 13 heteroatoms. The van der Waals surface area contributed by atoms with Gasteiger partial charge in [0, 0.05) is 5.39 Å². The number of aliphatic hydroxyl groups is 3. The van der Waals surface area contributed by atoms with E-state index in [4.69, 9.17) is 19.1 Å². The fourth-order valence-electron chi connectivity index (χ4n) is 2.88. The third kappa shape index (κ3) is 4.19. The molecule has 1 aliphatic rings. The highest BCUT2D eigenvalue weighted by molar-refractivity contribution is 7.81. The van der Waals surface area contributed by atoms with Crippen molar-refractivity contribution >= 4 is 27.1 Å². The molecule has 158 valence electrons. The number of aliphatic carboxylic acids is 1. The molecular weight excluding hydrogens is 416 g/mol. The summed E-state index contributed by atoms with van der Waals surface area (Å²) in [5.41, 5.74) is 0. The van der Waals surface area contributed by atoms with Crippen LogP contribution in [0.5, 0.6) is 17.2 Å². The third-order valence-electron chi connectivity index (χ3n) is 4.19. The standard InChI is InChI=1S/C16H16O12S/c17-7-4-5-9(28-29(23,24)25)10-6(7)2-1-3-8(10)26-16-13(20)11(18)12(19)14(27-16)15(21)22/h1-5,11-14,16-20H,(H,21,22)(H,23,24,25)/t11-,12-,13+,14-,16?/m0/s1. The van der Waals surface area contributed by atoms with E-state index in [0.29, 0.717) is 0 Å². The maximum Gasteiger partial charge on any atom is 0.446 e. The predicted molar refractivity (Wildman–Crippen MR) is 92.7 cm³/mol. The number of benzene rings is 2. The number of hydrogen-bond acceptors (Lipinski definition) is 10. The molecule has 0 aromatic heterocycles. The number of rotatable bonds is 5. The first-order chi connectivity index (χ1) is 13.5. The average molecular weight is 432 g/mol. The Morgan fingerprint density at radius 1 is 1.00 bits per heavy atom. The molecule has 6 N–H and O–H groups in total. The van der Waals surface area contributed by atoms with E-state index in [9.17, 15) is 33.6 Å². The molecule has 2 aromatic rings. The molecule has 1 unspecified atom stereocenters. The lowest BCUT2D eigenvalue weighted by Crippen LogP contribution is -2.61. The Kier molecular flexibility index (Phi) is 5.53. The predicted octanol–water partition coefficient (Wildman–Crippen LogP) is -1.00. The fraction of sp³-hybridized carbons (Fsp3) is 0.312. The maximum atomic E-state index is 11.2. The summed E-state index contributed by atoms with van der Waals surface area (Å²) < 4.78 is 46.1. The molecule has 12 nitrogen and oxygen atoms in total. The third-order valence-corrected chi connectivity index (χ3v) is 4.58. The van der Waals surface area contributed by atoms with Crippen molar-refractivity contribution in [3.63, 3.8) is 0 Å². The second kappa shape index (κ2) is 7.62. The highest BCUT2D eigenvalue weighted by Crippen LogP contribution is 2.40. The lowest BCUT2D eigenvalue weighted by Gasteiger charge is -2.38. The molecule has 1 fully saturated rings. The number of hydrogen-bond donors (Lipinski definition) is 6. The minimum absolute atomic E-state index is 0.0318. The Bertz CT molecular complexity index is 1040. The van der Waals surface area contributed by atoms with E-state index in [-0.39, 0.29) is 22.3 Å². The highest BCUT2D eigenvalue weighted by Gasteiger charge is 2.48. The van der Waals surface area contributed by atoms with Gasteiger partial charge in [-0.1, -0.05) is 12.1 Å². The van der Waals surface area contributed by atoms with Crippen molar-refractivity contribution in [3.8, 4) is 17.2 Å². The lowest BCUT2D eigenvalue weighted by molar-refractivity contribution is -0.270. The zero-order chi connectivity index (χ0) is 21.5. The number of aliphatic hydroxyl groups excluding tert-OH is 3. The highest BCUT2D eigenvalue weighted by atomic mass is 32.3. The number of carboxylic acid groups (broad SMARTS) is 1. The van der Waals surface area contributed by atoms with E-state index in [2.05, 4.69) is 4.18 Å². The van der Waals surface area contributed by atoms with Gasteiger partial charge in [-0.3, -0.25) is 4.55 Å². The van der Waals surface area contributed by atoms with Crippen molar-refractivity contribution in [2.75, 3.05) is 0 Å². The average Bonchev–Trinajstić information content (AvgIpc) is 2.63. The molecule has 0 aliphatic carbocycles. The van der Waals surface area contributed by atoms with Gasteiger partial charge in [-0.05, 0) is 18.2 Å². The van der Waals surface area contributed by atoms with Gasteiger partial charge < -0.3 is 39.2 Å². The molecule has 3 rings (SSSR count). The van der Waals surface area contributed by atoms with Gasteiger partial charge in [0.25, 0.3) is 0 Å². The first-order valence-electron chi connectivity index (χ1n) is 8.00. The summed E-state index contributed by atoms with van der Waals surface area (Å²) in [6, 6.07) is 6.12. The van der Waals surface area contributed by atoms with Crippen LogP contribution in [0.25, 0.3) is 10.8 Å². The Hall–Kier alpha value is -2.68. The summed E-state index contributed by atoms with van der Waals surface area (Å²) in [7, 11) is -4.95. The quantitative estimate of drug-likeness (QED) is 0.315. The van der Waals surface area contributed by atoms with E-state index >= 15 is 0 Å². The van der Waals surface area contributed by atoms with Crippen molar-refractivity contribution in [2.24, 2.45) is 0 Å². The van der Waals surface area contributed by atoms with Gasteiger partial charge in [0.15, 0.2) is 11.9 Å². The van der Waals surface area contributed by atoms with Gasteiger partial charge >= 0.3 is 16.4 Å². The largest absolute Gasteiger partial charge is 0.507 e. The molecule has 1 heterocycles. The van der Waals surface area contributed by atoms with Crippen molar-refractivity contribution in [3.05, 3.63) is 30.3 Å². The van der Waals surface area contributed by atoms with E-state index in [0.717, 1.165) is 12.1 Å². The molecule has 0 amide bonds. The van der Waals surface area contributed by atoms with Crippen molar-refractivity contribution in [1.82, 2.24) is 0 Å². The van der Waals surface area contributed by atoms with Crippen LogP contribution >= 0.6 is 0 Å². The van der Waals surface area contributed by atoms with Crippen LogP contribution in [0.15, 0.2) is 30.3 Å². The number of phenols is 1. The Morgan fingerprint density at radius 3 is 2.31 bits per heavy atom. The normalized spacial score (nSPS) is 27.5. The summed E-state index contributed by atoms with van der Waals surface area (Å²) in [6.45, 7) is 0. The van der Waals surface area contributed by atoms with E-state index in [1.807, 2.05) is 0 Å². The Balaban J connectivity index is 2.06. The molecule has 0 spiro atoms. The summed E-state index contributed by atoms with van der Waals surface area (Å²) >= 11 is 0. The lowest BCUT2D eigenvalue weighted by atomic mass is 9.99. The second-order valence-electron chi connectivity index (χ2n) is 6.13. The zero-order valence-corrected chi connectivity index (χ0v) is 15.1. The zero-order valence-electron chi connectivity index (χ0n) is 14.3. The minimum Gasteiger partial charge on any atom is -0.507 e. The molecule has 0 saturated carbocycles. The first kappa shape index (κ1) is 21.0. The number of carbonyl (C=O) groups is 1. The van der Waals surface area contributed by atoms with Gasteiger partial charge in [-0.15, -0.1) is 0 Å². The topological polar surface area (TPSA) is 200 Å². The number of phenolic OH excluding ortho intramolecular Hbond substituents is 1. The molecular formula is C16H16O12S. The SMILES string of the molecule is O=C(O)[C@H]1OC(Oc2cccc3c(O)ccc(OS(=O)(=O)O)c23)[C@H](O)[C@@H](O)[C@@H]1O. The van der Waals surface area contributed by atoms with E-state index in [1.165, 1.54) is 18.2 Å². The monoisotopic (exact) mass is 432 g/mol. The van der Waals surface area contributed by atoms with Gasteiger partial charge in [0.1, 0.15) is 29.8 Å². The van der Waals surface area contributed by atoms with Crippen LogP contribution in [0, 0.1) is 0 Å². The maximum absolute atomic E-state index is 11.2. The summed E-state index contributed by atoms with van der Waals surface area (Å²) in [4.78, 5) is 11.2. The molecule has 0 radical (unpaired) electrons. The summed E-state index contributed by atoms with van der Waals surface area (Å²) in [5.74, 6) is -2.62. The summed E-state index contributed by atoms with van der Waals surface area (Å²) in [5, 5.41) is 48.7. The molecule has 29 heavy (non-hydrogen) atoms. The fourth-order valence-corrected chi connectivity index (χ4v) is 3.25. The van der Waals surface area contributed by atoms with Crippen LogP contribution in [0.1, 0.15) is 0 Å². The molecule has 1 aliphatic heterocycles. The van der Waals surface area contributed by atoms with Crippen LogP contribution in [0.4, 0.5) is 0 Å². The number of fused-ring (bicyclic) bond motifs is 1. The number of aromatic hydroxyl groups is 1. The molecule has 1 saturated heterocycles. The van der Waals surface area contributed by atoms with Crippen molar-refractivity contribution in [1.29, 1.82) is 0 Å². The molecule has 2 aromatic carbocycles. The smallest absolute Gasteiger partial charge is 0.446 e. The van der Waals surface area contributed by atoms with E-state index in [1.54, 1.807) is 0 Å². The van der Waals surface area contributed by atoms with Gasteiger partial charge in [-0.25, -0.2) is 4.79 Å². The van der Waals surface area contributed by atoms with Gasteiger partial charge in [-0.2, -0.15) is 8.42 Å². The van der Waals surface area contributed by atoms with Crippen molar-refractivity contribution in [2.45, 2.75) is 30.7 Å². The Morgan fingerprint density at radius 2 is 1.69 bits per heavy atom. The number of ether oxygens (including phenoxy) is 2. The first-order valence-corrected chi connectivity index (χ1v) is 9.37. The van der Waals surface area contributed by atoms with Crippen LogP contribution in [-0.2, 0) is 19.9 Å². The molecule has 5 atom stereocenters. The Labute approximate surface area is 163 Å². The molecule has 0 bridgehead atoms. The second-order valence-corrected chi connectivity index (χ2v) is 7.15. The van der Waals surface area contributed by atoms with Crippen LogP contribution in [-0.4, -0.2) is 75.2 Å². The van der Waals surface area contributed by atoms with Crippen molar-refractivity contribution < 1.29 is 57.0 Å². The summed E-state index contributed by atoms with van der Waals surface area (Å²) in [6.07, 6.45) is -9.44. The van der Waals surface area contributed by atoms with Gasteiger partial charge in [0.05, 0.1) is 5.39 Å². The van der Waals surface area contributed by atoms with Crippen LogP contribution < -0.4 is 8.92 Å². The number of carboxylic acids is 1. The minimum atomic E-state index is -4.95.